The molecule has 0 saturated carbocycles. The number of anilines is 1. The third-order valence-corrected chi connectivity index (χ3v) is 3.40. The van der Waals surface area contributed by atoms with Crippen molar-refractivity contribution in [2.24, 2.45) is 0 Å². The highest BCUT2D eigenvalue weighted by Crippen LogP contribution is 2.18. The fraction of sp³-hybridized carbons (Fsp3) is 0.235. The number of aromatic hydroxyl groups is 1. The van der Waals surface area contributed by atoms with E-state index in [9.17, 15) is 9.90 Å². The zero-order valence-corrected chi connectivity index (χ0v) is 12.7. The van der Waals surface area contributed by atoms with Crippen molar-refractivity contribution in [1.82, 2.24) is 5.32 Å². The summed E-state index contributed by atoms with van der Waals surface area (Å²) < 4.78 is 5.28. The number of nitrogens with one attached hydrogen (secondary N) is 1. The second-order valence-corrected chi connectivity index (χ2v) is 4.87. The minimum atomic E-state index is -0.194. The molecule has 5 heteroatoms. The Labute approximate surface area is 130 Å². The molecule has 0 radical (unpaired) electrons. The Morgan fingerprint density at radius 3 is 2.55 bits per heavy atom. The molecule has 2 amide bonds. The van der Waals surface area contributed by atoms with E-state index < -0.39 is 0 Å². The van der Waals surface area contributed by atoms with E-state index in [4.69, 9.17) is 4.74 Å². The quantitative estimate of drug-likeness (QED) is 0.892. The molecule has 0 spiro atoms. The topological polar surface area (TPSA) is 61.8 Å². The Morgan fingerprint density at radius 1 is 1.18 bits per heavy atom. The number of nitrogens with zero attached hydrogens (tertiary/aromatic N) is 1. The smallest absolute Gasteiger partial charge is 0.321 e. The van der Waals surface area contributed by atoms with Gasteiger partial charge in [0.05, 0.1) is 7.11 Å². The van der Waals surface area contributed by atoms with Crippen molar-refractivity contribution in [3.8, 4) is 11.5 Å². The molecule has 0 heterocycles. The van der Waals surface area contributed by atoms with Crippen LogP contribution in [-0.4, -0.2) is 31.8 Å². The molecule has 0 aromatic heterocycles. The predicted octanol–water partition coefficient (Wildman–Crippen LogP) is 2.79. The Bertz CT molecular complexity index is 626. The van der Waals surface area contributed by atoms with E-state index in [1.54, 1.807) is 38.4 Å². The molecule has 0 aliphatic rings. The number of hydrogen-bond acceptors (Lipinski definition) is 3. The van der Waals surface area contributed by atoms with Gasteiger partial charge in [0.25, 0.3) is 0 Å². The summed E-state index contributed by atoms with van der Waals surface area (Å²) in [6.45, 7) is 0.516. The van der Waals surface area contributed by atoms with Crippen LogP contribution >= 0.6 is 0 Å². The van der Waals surface area contributed by atoms with E-state index in [2.05, 4.69) is 5.32 Å². The van der Waals surface area contributed by atoms with E-state index in [0.29, 0.717) is 18.7 Å². The van der Waals surface area contributed by atoms with E-state index in [-0.39, 0.29) is 11.8 Å². The lowest BCUT2D eigenvalue weighted by molar-refractivity contribution is 0.247. The first-order valence-electron chi connectivity index (χ1n) is 7.04. The second kappa shape index (κ2) is 7.36. The maximum atomic E-state index is 12.1. The number of carbonyl (C=O) groups is 1. The van der Waals surface area contributed by atoms with Crippen LogP contribution < -0.4 is 15.0 Å². The summed E-state index contributed by atoms with van der Waals surface area (Å²) >= 11 is 0. The number of rotatable bonds is 5. The van der Waals surface area contributed by atoms with Gasteiger partial charge in [0, 0.05) is 19.3 Å². The highest BCUT2D eigenvalue weighted by Gasteiger charge is 2.10. The van der Waals surface area contributed by atoms with Gasteiger partial charge in [-0.15, -0.1) is 0 Å². The third kappa shape index (κ3) is 3.91. The summed E-state index contributed by atoms with van der Waals surface area (Å²) in [5.41, 5.74) is 1.77. The number of hydrogen-bond donors (Lipinski definition) is 2. The Balaban J connectivity index is 1.88. The highest BCUT2D eigenvalue weighted by atomic mass is 16.5. The molecule has 0 aliphatic heterocycles. The molecule has 0 unspecified atom stereocenters. The maximum absolute atomic E-state index is 12.1. The normalized spacial score (nSPS) is 10.1. The maximum Gasteiger partial charge on any atom is 0.321 e. The molecule has 2 aromatic carbocycles. The van der Waals surface area contributed by atoms with E-state index in [1.165, 1.54) is 4.90 Å². The number of carbonyl (C=O) groups excluding carboxylic acids is 1. The predicted molar refractivity (Wildman–Crippen MR) is 86.6 cm³/mol. The number of urea groups is 1. The minimum Gasteiger partial charge on any atom is -0.508 e. The lowest BCUT2D eigenvalue weighted by Crippen LogP contribution is -2.38. The van der Waals surface area contributed by atoms with Crippen LogP contribution in [0.15, 0.2) is 48.5 Å². The Hall–Kier alpha value is -2.69. The minimum absolute atomic E-state index is 0.175. The molecule has 0 saturated heterocycles. The summed E-state index contributed by atoms with van der Waals surface area (Å²) in [5, 5.41) is 12.1. The summed E-state index contributed by atoms with van der Waals surface area (Å²) in [7, 11) is 3.32. The van der Waals surface area contributed by atoms with Gasteiger partial charge in [-0.25, -0.2) is 4.79 Å². The van der Waals surface area contributed by atoms with Crippen LogP contribution in [0, 0.1) is 0 Å². The number of benzene rings is 2. The molecule has 0 bridgehead atoms. The summed E-state index contributed by atoms with van der Waals surface area (Å²) in [6, 6.07) is 14.0. The van der Waals surface area contributed by atoms with Gasteiger partial charge >= 0.3 is 6.03 Å². The zero-order chi connectivity index (χ0) is 15.9. The number of phenols is 1. The van der Waals surface area contributed by atoms with Crippen LogP contribution in [0.2, 0.25) is 0 Å². The fourth-order valence-electron chi connectivity index (χ4n) is 2.13. The average Bonchev–Trinajstić information content (AvgIpc) is 2.55. The van der Waals surface area contributed by atoms with Gasteiger partial charge < -0.3 is 15.2 Å². The number of methoxy groups -OCH3 is 1. The van der Waals surface area contributed by atoms with Gasteiger partial charge in [-0.2, -0.15) is 0 Å². The molecule has 0 atom stereocenters. The van der Waals surface area contributed by atoms with E-state index in [1.807, 2.05) is 24.3 Å². The Kier molecular flexibility index (Phi) is 5.25. The van der Waals surface area contributed by atoms with Gasteiger partial charge in [-0.05, 0) is 42.3 Å². The van der Waals surface area contributed by atoms with Crippen molar-refractivity contribution in [2.45, 2.75) is 6.42 Å². The highest BCUT2D eigenvalue weighted by molar-refractivity contribution is 5.91. The molecule has 5 nitrogen and oxygen atoms in total. The van der Waals surface area contributed by atoms with Crippen molar-refractivity contribution in [3.63, 3.8) is 0 Å². The number of amides is 2. The van der Waals surface area contributed by atoms with E-state index in [0.717, 1.165) is 11.3 Å². The third-order valence-electron chi connectivity index (χ3n) is 3.40. The lowest BCUT2D eigenvalue weighted by Gasteiger charge is -2.18. The molecule has 2 aromatic rings. The van der Waals surface area contributed by atoms with Crippen molar-refractivity contribution in [1.29, 1.82) is 0 Å². The van der Waals surface area contributed by atoms with Gasteiger partial charge in [0.15, 0.2) is 0 Å². The first-order chi connectivity index (χ1) is 10.6. The van der Waals surface area contributed by atoms with Gasteiger partial charge in [0.1, 0.15) is 11.5 Å². The summed E-state index contributed by atoms with van der Waals surface area (Å²) in [5.74, 6) is 0.998. The van der Waals surface area contributed by atoms with Crippen LogP contribution in [0.5, 0.6) is 11.5 Å². The largest absolute Gasteiger partial charge is 0.508 e. The van der Waals surface area contributed by atoms with Gasteiger partial charge in [0.2, 0.25) is 0 Å². The average molecular weight is 300 g/mol. The fourth-order valence-corrected chi connectivity index (χ4v) is 2.13. The molecule has 2 N–H and O–H groups in total. The van der Waals surface area contributed by atoms with Crippen LogP contribution in [0.25, 0.3) is 0 Å². The number of phenolic OH excluding ortho intramolecular Hbond substituents is 1. The SMILES string of the molecule is COc1ccccc1CCNC(=O)N(C)c1ccc(O)cc1. The van der Waals surface area contributed by atoms with E-state index >= 15 is 0 Å². The molecule has 116 valence electrons. The van der Waals surface area contributed by atoms with Crippen LogP contribution in [0.3, 0.4) is 0 Å². The Morgan fingerprint density at radius 2 is 1.86 bits per heavy atom. The van der Waals surface area contributed by atoms with Gasteiger partial charge in [-0.3, -0.25) is 4.90 Å². The first-order valence-corrected chi connectivity index (χ1v) is 7.04. The second-order valence-electron chi connectivity index (χ2n) is 4.87. The molecule has 0 aliphatic carbocycles. The van der Waals surface area contributed by atoms with Crippen LogP contribution in [-0.2, 0) is 6.42 Å². The standard InChI is InChI=1S/C17H20N2O3/c1-19(14-7-9-15(20)10-8-14)17(21)18-12-11-13-5-3-4-6-16(13)22-2/h3-10,20H,11-12H2,1-2H3,(H,18,21). The zero-order valence-electron chi connectivity index (χ0n) is 12.7. The summed E-state index contributed by atoms with van der Waals surface area (Å²) in [4.78, 5) is 13.6. The number of ether oxygens (including phenoxy) is 1. The van der Waals surface area contributed by atoms with Crippen molar-refractivity contribution in [3.05, 3.63) is 54.1 Å². The van der Waals surface area contributed by atoms with Gasteiger partial charge in [-0.1, -0.05) is 18.2 Å². The molecular weight excluding hydrogens is 280 g/mol. The first kappa shape index (κ1) is 15.7. The van der Waals surface area contributed by atoms with Crippen LogP contribution in [0.4, 0.5) is 10.5 Å². The molecule has 22 heavy (non-hydrogen) atoms. The lowest BCUT2D eigenvalue weighted by atomic mass is 10.1. The number of para-hydroxylation sites is 1. The van der Waals surface area contributed by atoms with Crippen molar-refractivity contribution in [2.75, 3.05) is 25.6 Å². The van der Waals surface area contributed by atoms with Crippen LogP contribution in [0.1, 0.15) is 5.56 Å². The molecule has 0 fully saturated rings. The molecule has 2 rings (SSSR count). The monoisotopic (exact) mass is 300 g/mol. The molecular formula is C17H20N2O3. The summed E-state index contributed by atoms with van der Waals surface area (Å²) in [6.07, 6.45) is 0.694. The van der Waals surface area contributed by atoms with Crippen molar-refractivity contribution < 1.29 is 14.6 Å². The van der Waals surface area contributed by atoms with Crippen molar-refractivity contribution >= 4 is 11.7 Å².